The van der Waals surface area contributed by atoms with Gasteiger partial charge in [-0.1, -0.05) is 6.07 Å². The number of carbonyl (C=O) groups excluding carboxylic acids is 1. The monoisotopic (exact) mass is 295 g/mol. The number of amides is 1. The first-order chi connectivity index (χ1) is 10.3. The largest absolute Gasteiger partial charge is 0.348 e. The molecule has 2 aromatic heterocycles. The van der Waals surface area contributed by atoms with Crippen LogP contribution in [0.15, 0.2) is 36.5 Å². The fourth-order valence-corrected chi connectivity index (χ4v) is 2.33. The molecule has 2 heterocycles. The minimum Gasteiger partial charge on any atom is -0.348 e. The van der Waals surface area contributed by atoms with E-state index in [-0.39, 0.29) is 11.6 Å². The lowest BCUT2D eigenvalue weighted by atomic mass is 10.2. The molecule has 0 unspecified atom stereocenters. The summed E-state index contributed by atoms with van der Waals surface area (Å²) in [5.41, 5.74) is 3.33. The Morgan fingerprint density at radius 2 is 2.10 bits per heavy atom. The number of carbonyl (C=O) groups is 1. The first kappa shape index (κ1) is 13.1. The Hall–Kier alpha value is -2.85. The van der Waals surface area contributed by atoms with Gasteiger partial charge in [0.2, 0.25) is 0 Å². The number of nitrogens with zero attached hydrogens (tertiary/aromatic N) is 4. The summed E-state index contributed by atoms with van der Waals surface area (Å²) in [6.45, 7) is 0.395. The van der Waals surface area contributed by atoms with Gasteiger partial charge in [-0.3, -0.25) is 4.79 Å². The standard InChI is InChI=1S/C14H9N5OS/c15-6-11-3-2-10(8-16-11)14(20)17-7-9-1-4-12-13(5-9)19-21-18-12/h1-5,8H,7H2,(H,17,20). The van der Waals surface area contributed by atoms with Crippen molar-refractivity contribution in [1.29, 1.82) is 5.26 Å². The van der Waals surface area contributed by atoms with Crippen molar-refractivity contribution in [3.05, 3.63) is 53.3 Å². The van der Waals surface area contributed by atoms with E-state index >= 15 is 0 Å². The molecule has 7 heteroatoms. The summed E-state index contributed by atoms with van der Waals surface area (Å²) >= 11 is 1.16. The highest BCUT2D eigenvalue weighted by Gasteiger charge is 2.07. The summed E-state index contributed by atoms with van der Waals surface area (Å²) in [7, 11) is 0. The highest BCUT2D eigenvalue weighted by Crippen LogP contribution is 2.13. The highest BCUT2D eigenvalue weighted by molar-refractivity contribution is 7.00. The Kier molecular flexibility index (Phi) is 3.53. The first-order valence-electron chi connectivity index (χ1n) is 6.12. The van der Waals surface area contributed by atoms with Crippen molar-refractivity contribution < 1.29 is 4.79 Å². The number of pyridine rings is 1. The molecular formula is C14H9N5OS. The molecule has 1 amide bonds. The minimum absolute atomic E-state index is 0.233. The molecular weight excluding hydrogens is 286 g/mol. The third kappa shape index (κ3) is 2.85. The zero-order valence-corrected chi connectivity index (χ0v) is 11.6. The minimum atomic E-state index is -0.233. The molecule has 0 spiro atoms. The Morgan fingerprint density at radius 3 is 2.86 bits per heavy atom. The van der Waals surface area contributed by atoms with E-state index in [1.165, 1.54) is 12.3 Å². The van der Waals surface area contributed by atoms with E-state index in [0.717, 1.165) is 28.3 Å². The molecule has 0 fully saturated rings. The Balaban J connectivity index is 1.68. The van der Waals surface area contributed by atoms with E-state index in [9.17, 15) is 4.79 Å². The second-order valence-electron chi connectivity index (χ2n) is 4.31. The van der Waals surface area contributed by atoms with Crippen molar-refractivity contribution in [3.63, 3.8) is 0 Å². The molecule has 0 radical (unpaired) electrons. The van der Waals surface area contributed by atoms with Crippen LogP contribution in [0.25, 0.3) is 11.0 Å². The number of hydrogen-bond donors (Lipinski definition) is 1. The summed E-state index contributed by atoms with van der Waals surface area (Å²) < 4.78 is 8.29. The van der Waals surface area contributed by atoms with E-state index < -0.39 is 0 Å². The van der Waals surface area contributed by atoms with Crippen molar-refractivity contribution in [3.8, 4) is 6.07 Å². The van der Waals surface area contributed by atoms with Crippen LogP contribution in [0.3, 0.4) is 0 Å². The van der Waals surface area contributed by atoms with Gasteiger partial charge < -0.3 is 5.32 Å². The number of nitriles is 1. The molecule has 1 aromatic carbocycles. The van der Waals surface area contributed by atoms with Gasteiger partial charge in [0.15, 0.2) is 0 Å². The van der Waals surface area contributed by atoms with Gasteiger partial charge in [-0.05, 0) is 29.8 Å². The number of aromatic nitrogens is 3. The van der Waals surface area contributed by atoms with Gasteiger partial charge in [0.05, 0.1) is 17.3 Å². The fourth-order valence-electron chi connectivity index (χ4n) is 1.82. The van der Waals surface area contributed by atoms with E-state index in [0.29, 0.717) is 12.1 Å². The van der Waals surface area contributed by atoms with Crippen LogP contribution >= 0.6 is 11.7 Å². The molecule has 102 valence electrons. The second kappa shape index (κ2) is 5.64. The summed E-state index contributed by atoms with van der Waals surface area (Å²) in [5, 5.41) is 11.5. The second-order valence-corrected chi connectivity index (χ2v) is 4.84. The average molecular weight is 295 g/mol. The van der Waals surface area contributed by atoms with Gasteiger partial charge in [-0.25, -0.2) is 4.98 Å². The summed E-state index contributed by atoms with van der Waals surface area (Å²) in [6.07, 6.45) is 1.39. The molecule has 0 aliphatic rings. The number of rotatable bonds is 3. The molecule has 3 aromatic rings. The van der Waals surface area contributed by atoms with Gasteiger partial charge in [0.25, 0.3) is 5.91 Å². The first-order valence-corrected chi connectivity index (χ1v) is 6.85. The molecule has 1 N–H and O–H groups in total. The van der Waals surface area contributed by atoms with Crippen molar-refractivity contribution >= 4 is 28.7 Å². The third-order valence-electron chi connectivity index (χ3n) is 2.91. The van der Waals surface area contributed by atoms with Crippen LogP contribution in [0.1, 0.15) is 21.6 Å². The Bertz CT molecular complexity index is 834. The van der Waals surface area contributed by atoms with Gasteiger partial charge in [0.1, 0.15) is 22.8 Å². The number of hydrogen-bond acceptors (Lipinski definition) is 6. The number of benzene rings is 1. The molecule has 21 heavy (non-hydrogen) atoms. The molecule has 0 bridgehead atoms. The molecule has 0 saturated carbocycles. The lowest BCUT2D eigenvalue weighted by molar-refractivity contribution is 0.0950. The van der Waals surface area contributed by atoms with Crippen molar-refractivity contribution in [2.45, 2.75) is 6.54 Å². The molecule has 0 aliphatic carbocycles. The fraction of sp³-hybridized carbons (Fsp3) is 0.0714. The quantitative estimate of drug-likeness (QED) is 0.796. The predicted molar refractivity (Wildman–Crippen MR) is 77.5 cm³/mol. The van der Waals surface area contributed by atoms with Crippen LogP contribution in [0.2, 0.25) is 0 Å². The predicted octanol–water partition coefficient (Wildman–Crippen LogP) is 1.89. The number of nitrogens with one attached hydrogen (secondary N) is 1. The van der Waals surface area contributed by atoms with Crippen molar-refractivity contribution in [2.24, 2.45) is 0 Å². The summed E-state index contributed by atoms with van der Waals surface area (Å²) in [5.74, 6) is -0.233. The molecule has 6 nitrogen and oxygen atoms in total. The Labute approximate surface area is 124 Å². The van der Waals surface area contributed by atoms with Crippen molar-refractivity contribution in [2.75, 3.05) is 0 Å². The van der Waals surface area contributed by atoms with E-state index in [4.69, 9.17) is 5.26 Å². The topological polar surface area (TPSA) is 91.6 Å². The maximum Gasteiger partial charge on any atom is 0.253 e. The number of fused-ring (bicyclic) bond motifs is 1. The van der Waals surface area contributed by atoms with Crippen LogP contribution < -0.4 is 5.32 Å². The normalized spacial score (nSPS) is 10.2. The van der Waals surface area contributed by atoms with E-state index in [1.807, 2.05) is 24.3 Å². The molecule has 3 rings (SSSR count). The summed E-state index contributed by atoms with van der Waals surface area (Å²) in [6, 6.07) is 10.7. The summed E-state index contributed by atoms with van der Waals surface area (Å²) in [4.78, 5) is 15.8. The molecule has 0 atom stereocenters. The van der Waals surface area contributed by atoms with Gasteiger partial charge in [-0.15, -0.1) is 0 Å². The van der Waals surface area contributed by atoms with Gasteiger partial charge >= 0.3 is 0 Å². The highest BCUT2D eigenvalue weighted by atomic mass is 32.1. The Morgan fingerprint density at radius 1 is 1.24 bits per heavy atom. The van der Waals surface area contributed by atoms with Gasteiger partial charge in [0, 0.05) is 12.7 Å². The van der Waals surface area contributed by atoms with Crippen LogP contribution in [0.5, 0.6) is 0 Å². The zero-order valence-electron chi connectivity index (χ0n) is 10.8. The van der Waals surface area contributed by atoms with Crippen LogP contribution in [0.4, 0.5) is 0 Å². The molecule has 0 saturated heterocycles. The van der Waals surface area contributed by atoms with Crippen LogP contribution in [-0.4, -0.2) is 19.6 Å². The zero-order chi connectivity index (χ0) is 14.7. The van der Waals surface area contributed by atoms with Crippen LogP contribution in [0, 0.1) is 11.3 Å². The third-order valence-corrected chi connectivity index (χ3v) is 3.47. The van der Waals surface area contributed by atoms with Crippen LogP contribution in [-0.2, 0) is 6.54 Å². The molecule has 0 aliphatic heterocycles. The average Bonchev–Trinajstić information content (AvgIpc) is 3.00. The lowest BCUT2D eigenvalue weighted by Crippen LogP contribution is -2.22. The van der Waals surface area contributed by atoms with Gasteiger partial charge in [-0.2, -0.15) is 14.0 Å². The van der Waals surface area contributed by atoms with E-state index in [1.54, 1.807) is 6.07 Å². The van der Waals surface area contributed by atoms with E-state index in [2.05, 4.69) is 19.0 Å². The lowest BCUT2D eigenvalue weighted by Gasteiger charge is -2.05. The van der Waals surface area contributed by atoms with Crippen molar-refractivity contribution in [1.82, 2.24) is 19.0 Å². The SMILES string of the molecule is N#Cc1ccc(C(=O)NCc2ccc3nsnc3c2)cn1. The maximum absolute atomic E-state index is 12.0. The maximum atomic E-state index is 12.0. The smallest absolute Gasteiger partial charge is 0.253 e.